The molecular weight excluding hydrogens is 321 g/mol. The number of fused-ring (bicyclic) bond motifs is 1. The molecule has 0 saturated heterocycles. The second-order valence-corrected chi connectivity index (χ2v) is 5.77. The van der Waals surface area contributed by atoms with Crippen molar-refractivity contribution in [2.75, 3.05) is 11.4 Å². The molecule has 0 bridgehead atoms. The quantitative estimate of drug-likeness (QED) is 0.909. The van der Waals surface area contributed by atoms with Gasteiger partial charge in [-0.2, -0.15) is 13.2 Å². The molecule has 1 aromatic heterocycles. The molecule has 0 fully saturated rings. The highest BCUT2D eigenvalue weighted by atomic mass is 19.4. The number of carbonyl (C=O) groups is 1. The van der Waals surface area contributed by atoms with Gasteiger partial charge in [0.05, 0.1) is 11.1 Å². The van der Waals surface area contributed by atoms with Crippen LogP contribution in [0.25, 0.3) is 0 Å². The number of benzene rings is 1. The predicted octanol–water partition coefficient (Wildman–Crippen LogP) is 3.67. The third-order valence-corrected chi connectivity index (χ3v) is 4.25. The van der Waals surface area contributed by atoms with Gasteiger partial charge in [0.25, 0.3) is 0 Å². The summed E-state index contributed by atoms with van der Waals surface area (Å²) in [5.74, 6) is -0.550. The number of nitrogens with zero attached hydrogens (tertiary/aromatic N) is 2. The molecule has 1 aromatic carbocycles. The van der Waals surface area contributed by atoms with Crippen LogP contribution in [-0.4, -0.2) is 22.6 Å². The maximum Gasteiger partial charge on any atom is 0.416 e. The minimum absolute atomic E-state index is 0.148. The Labute approximate surface area is 136 Å². The van der Waals surface area contributed by atoms with Crippen LogP contribution in [0.4, 0.5) is 19.0 Å². The van der Waals surface area contributed by atoms with E-state index in [2.05, 4.69) is 4.98 Å². The van der Waals surface area contributed by atoms with Gasteiger partial charge >= 0.3 is 12.1 Å². The highest BCUT2D eigenvalue weighted by Crippen LogP contribution is 2.33. The lowest BCUT2D eigenvalue weighted by Gasteiger charge is -2.31. The number of carboxylic acids is 1. The summed E-state index contributed by atoms with van der Waals surface area (Å²) in [7, 11) is 0. The van der Waals surface area contributed by atoms with E-state index >= 15 is 0 Å². The van der Waals surface area contributed by atoms with E-state index in [1.54, 1.807) is 6.92 Å². The number of alkyl halides is 3. The van der Waals surface area contributed by atoms with Crippen molar-refractivity contribution in [3.63, 3.8) is 0 Å². The van der Waals surface area contributed by atoms with E-state index in [1.807, 2.05) is 4.90 Å². The lowest BCUT2D eigenvalue weighted by molar-refractivity contribution is -0.137. The maximum atomic E-state index is 12.9. The van der Waals surface area contributed by atoms with Crippen LogP contribution in [0.1, 0.15) is 32.6 Å². The van der Waals surface area contributed by atoms with Crippen molar-refractivity contribution in [2.24, 2.45) is 0 Å². The Hall–Kier alpha value is -2.57. The van der Waals surface area contributed by atoms with E-state index in [9.17, 15) is 23.1 Å². The van der Waals surface area contributed by atoms with Crippen LogP contribution in [0.3, 0.4) is 0 Å². The molecule has 0 aliphatic carbocycles. The van der Waals surface area contributed by atoms with Crippen molar-refractivity contribution in [1.82, 2.24) is 4.98 Å². The molecule has 24 heavy (non-hydrogen) atoms. The number of carboxylic acid groups (broad SMARTS) is 1. The molecular formula is C17H15F3N2O2. The molecule has 0 unspecified atom stereocenters. The summed E-state index contributed by atoms with van der Waals surface area (Å²) < 4.78 is 38.7. The molecule has 0 saturated carbocycles. The van der Waals surface area contributed by atoms with Crippen molar-refractivity contribution < 1.29 is 23.1 Å². The van der Waals surface area contributed by atoms with E-state index in [1.165, 1.54) is 18.3 Å². The number of rotatable bonds is 2. The Balaban J connectivity index is 1.95. The fourth-order valence-corrected chi connectivity index (χ4v) is 2.99. The molecule has 0 atom stereocenters. The summed E-state index contributed by atoms with van der Waals surface area (Å²) in [6, 6.07) is 5.20. The SMILES string of the molecule is Cc1c(C(=O)O)ccnc1N1CCc2ccc(C(F)(F)F)cc2C1. The molecule has 1 aliphatic rings. The molecule has 126 valence electrons. The van der Waals surface area contributed by atoms with Gasteiger partial charge in [-0.25, -0.2) is 9.78 Å². The Kier molecular flexibility index (Phi) is 3.95. The monoisotopic (exact) mass is 336 g/mol. The van der Waals surface area contributed by atoms with Gasteiger partial charge in [0.2, 0.25) is 0 Å². The normalized spacial score (nSPS) is 14.4. The Bertz CT molecular complexity index is 803. The molecule has 4 nitrogen and oxygen atoms in total. The summed E-state index contributed by atoms with van der Waals surface area (Å²) in [4.78, 5) is 17.3. The molecule has 0 radical (unpaired) electrons. The number of hydrogen-bond acceptors (Lipinski definition) is 3. The average molecular weight is 336 g/mol. The molecule has 2 heterocycles. The number of aromatic nitrogens is 1. The molecule has 3 rings (SSSR count). The lowest BCUT2D eigenvalue weighted by atomic mass is 9.96. The van der Waals surface area contributed by atoms with Gasteiger partial charge in [0, 0.05) is 24.8 Å². The van der Waals surface area contributed by atoms with E-state index < -0.39 is 17.7 Å². The van der Waals surface area contributed by atoms with Gasteiger partial charge in [-0.15, -0.1) is 0 Å². The minimum Gasteiger partial charge on any atom is -0.478 e. The maximum absolute atomic E-state index is 12.9. The van der Waals surface area contributed by atoms with Crippen LogP contribution >= 0.6 is 0 Å². The van der Waals surface area contributed by atoms with Gasteiger partial charge in [-0.1, -0.05) is 6.07 Å². The second-order valence-electron chi connectivity index (χ2n) is 5.77. The first-order chi connectivity index (χ1) is 11.3. The Morgan fingerprint density at radius 2 is 2.00 bits per heavy atom. The van der Waals surface area contributed by atoms with Crippen molar-refractivity contribution in [2.45, 2.75) is 26.1 Å². The topological polar surface area (TPSA) is 53.4 Å². The third kappa shape index (κ3) is 2.93. The largest absolute Gasteiger partial charge is 0.478 e. The lowest BCUT2D eigenvalue weighted by Crippen LogP contribution is -2.32. The van der Waals surface area contributed by atoms with Gasteiger partial charge in [-0.3, -0.25) is 0 Å². The zero-order valence-corrected chi connectivity index (χ0v) is 12.9. The molecule has 1 N–H and O–H groups in total. The summed E-state index contributed by atoms with van der Waals surface area (Å²) in [6.45, 7) is 2.51. The summed E-state index contributed by atoms with van der Waals surface area (Å²) >= 11 is 0. The van der Waals surface area contributed by atoms with Crippen molar-refractivity contribution in [3.8, 4) is 0 Å². The molecule has 0 spiro atoms. The fourth-order valence-electron chi connectivity index (χ4n) is 2.99. The number of pyridine rings is 1. The summed E-state index contributed by atoms with van der Waals surface area (Å²) in [6.07, 6.45) is -2.38. The molecule has 2 aromatic rings. The number of aromatic carboxylic acids is 1. The van der Waals surface area contributed by atoms with Crippen molar-refractivity contribution in [1.29, 1.82) is 0 Å². The zero-order chi connectivity index (χ0) is 17.5. The van der Waals surface area contributed by atoms with Crippen LogP contribution < -0.4 is 4.90 Å². The van der Waals surface area contributed by atoms with Crippen LogP contribution in [0.2, 0.25) is 0 Å². The number of hydrogen-bond donors (Lipinski definition) is 1. The van der Waals surface area contributed by atoms with Crippen LogP contribution in [-0.2, 0) is 19.1 Å². The third-order valence-electron chi connectivity index (χ3n) is 4.25. The van der Waals surface area contributed by atoms with Crippen LogP contribution in [0.15, 0.2) is 30.5 Å². The molecule has 7 heteroatoms. The van der Waals surface area contributed by atoms with Gasteiger partial charge < -0.3 is 10.0 Å². The van der Waals surface area contributed by atoms with E-state index in [0.29, 0.717) is 29.9 Å². The van der Waals surface area contributed by atoms with Crippen LogP contribution in [0.5, 0.6) is 0 Å². The smallest absolute Gasteiger partial charge is 0.416 e. The van der Waals surface area contributed by atoms with E-state index in [-0.39, 0.29) is 12.1 Å². The van der Waals surface area contributed by atoms with Gasteiger partial charge in [0.15, 0.2) is 0 Å². The van der Waals surface area contributed by atoms with E-state index in [4.69, 9.17) is 0 Å². The molecule has 0 amide bonds. The molecule has 1 aliphatic heterocycles. The highest BCUT2D eigenvalue weighted by Gasteiger charge is 2.32. The fraction of sp³-hybridized carbons (Fsp3) is 0.294. The first-order valence-corrected chi connectivity index (χ1v) is 7.40. The number of halogens is 3. The predicted molar refractivity (Wildman–Crippen MR) is 82.1 cm³/mol. The Morgan fingerprint density at radius 1 is 1.25 bits per heavy atom. The first kappa shape index (κ1) is 16.3. The number of anilines is 1. The highest BCUT2D eigenvalue weighted by molar-refractivity contribution is 5.90. The second kappa shape index (κ2) is 5.81. The summed E-state index contributed by atoms with van der Waals surface area (Å²) in [5, 5.41) is 9.20. The zero-order valence-electron chi connectivity index (χ0n) is 12.9. The van der Waals surface area contributed by atoms with Crippen molar-refractivity contribution in [3.05, 3.63) is 58.3 Å². The van der Waals surface area contributed by atoms with Gasteiger partial charge in [-0.05, 0) is 42.7 Å². The van der Waals surface area contributed by atoms with Crippen molar-refractivity contribution >= 4 is 11.8 Å². The first-order valence-electron chi connectivity index (χ1n) is 7.40. The Morgan fingerprint density at radius 3 is 2.67 bits per heavy atom. The van der Waals surface area contributed by atoms with E-state index in [0.717, 1.165) is 17.7 Å². The minimum atomic E-state index is -4.38. The summed E-state index contributed by atoms with van der Waals surface area (Å²) in [5.41, 5.74) is 1.46. The van der Waals surface area contributed by atoms with Gasteiger partial charge in [0.1, 0.15) is 5.82 Å². The average Bonchev–Trinajstić information content (AvgIpc) is 2.53. The standard InChI is InChI=1S/C17H15F3N2O2/c1-10-14(16(23)24)4-6-21-15(10)22-7-5-11-2-3-13(17(18,19)20)8-12(11)9-22/h2-4,6,8H,5,7,9H2,1H3,(H,23,24). The van der Waals surface area contributed by atoms with Crippen LogP contribution in [0, 0.1) is 6.92 Å².